The van der Waals surface area contributed by atoms with Crippen molar-refractivity contribution in [3.63, 3.8) is 0 Å². The first-order valence-electron chi connectivity index (χ1n) is 5.19. The third-order valence-corrected chi connectivity index (χ3v) is 2.69. The number of rotatable bonds is 3. The summed E-state index contributed by atoms with van der Waals surface area (Å²) in [5.41, 5.74) is 6.69. The standard InChI is InChI=1S/C11H10ClN5O2/c12-8-3-6(10(13)17-19)1-2-9(8)16-11(18)7-4-14-15-5-7/h1-5,19H,(H2,13,17)(H,14,15)(H,16,18). The molecule has 0 unspecified atom stereocenters. The van der Waals surface area contributed by atoms with Crippen molar-refractivity contribution >= 4 is 29.0 Å². The Hall–Kier alpha value is -2.54. The van der Waals surface area contributed by atoms with Gasteiger partial charge in [0.2, 0.25) is 0 Å². The lowest BCUT2D eigenvalue weighted by molar-refractivity contribution is 0.102. The van der Waals surface area contributed by atoms with Gasteiger partial charge in [-0.3, -0.25) is 9.89 Å². The summed E-state index contributed by atoms with van der Waals surface area (Å²) in [4.78, 5) is 11.8. The molecule has 1 heterocycles. The lowest BCUT2D eigenvalue weighted by Crippen LogP contribution is -2.14. The fraction of sp³-hybridized carbons (Fsp3) is 0. The Bertz CT molecular complexity index is 624. The molecule has 1 amide bonds. The van der Waals surface area contributed by atoms with Crippen LogP contribution in [0.4, 0.5) is 5.69 Å². The van der Waals surface area contributed by atoms with Crippen molar-refractivity contribution in [2.45, 2.75) is 0 Å². The highest BCUT2D eigenvalue weighted by atomic mass is 35.5. The fourth-order valence-electron chi connectivity index (χ4n) is 1.40. The van der Waals surface area contributed by atoms with Gasteiger partial charge < -0.3 is 16.3 Å². The van der Waals surface area contributed by atoms with Gasteiger partial charge in [-0.2, -0.15) is 5.10 Å². The summed E-state index contributed by atoms with van der Waals surface area (Å²) in [5, 5.41) is 20.5. The van der Waals surface area contributed by atoms with Crippen LogP contribution in [0.3, 0.4) is 0 Å². The van der Waals surface area contributed by atoms with E-state index in [2.05, 4.69) is 20.7 Å². The summed E-state index contributed by atoms with van der Waals surface area (Å²) >= 11 is 6.01. The third-order valence-electron chi connectivity index (χ3n) is 2.38. The SMILES string of the molecule is N/C(=N/O)c1ccc(NC(=O)c2cn[nH]c2)c(Cl)c1. The van der Waals surface area contributed by atoms with E-state index in [1.807, 2.05) is 0 Å². The lowest BCUT2D eigenvalue weighted by Gasteiger charge is -2.07. The van der Waals surface area contributed by atoms with Gasteiger partial charge in [0.15, 0.2) is 5.84 Å². The van der Waals surface area contributed by atoms with E-state index >= 15 is 0 Å². The molecule has 0 spiro atoms. The maximum Gasteiger partial charge on any atom is 0.258 e. The van der Waals surface area contributed by atoms with E-state index in [1.165, 1.54) is 18.5 Å². The van der Waals surface area contributed by atoms with Crippen LogP contribution in [0.2, 0.25) is 5.02 Å². The molecular formula is C11H10ClN5O2. The fourth-order valence-corrected chi connectivity index (χ4v) is 1.63. The predicted octanol–water partition coefficient (Wildman–Crippen LogP) is 1.41. The van der Waals surface area contributed by atoms with Crippen LogP contribution in [0, 0.1) is 0 Å². The van der Waals surface area contributed by atoms with E-state index in [1.54, 1.807) is 12.1 Å². The summed E-state index contributed by atoms with van der Waals surface area (Å²) in [6, 6.07) is 4.63. The third kappa shape index (κ3) is 2.83. The summed E-state index contributed by atoms with van der Waals surface area (Å²) in [6.45, 7) is 0. The molecule has 98 valence electrons. The number of benzene rings is 1. The van der Waals surface area contributed by atoms with Gasteiger partial charge in [0.25, 0.3) is 5.91 Å². The number of carbonyl (C=O) groups is 1. The van der Waals surface area contributed by atoms with E-state index in [0.717, 1.165) is 0 Å². The molecule has 5 N–H and O–H groups in total. The molecule has 0 radical (unpaired) electrons. The van der Waals surface area contributed by atoms with E-state index in [4.69, 9.17) is 22.5 Å². The number of oxime groups is 1. The second kappa shape index (κ2) is 5.40. The van der Waals surface area contributed by atoms with Crippen LogP contribution in [0.5, 0.6) is 0 Å². The molecule has 1 aromatic carbocycles. The molecule has 0 fully saturated rings. The molecule has 2 aromatic rings. The van der Waals surface area contributed by atoms with Crippen molar-refractivity contribution in [1.82, 2.24) is 10.2 Å². The summed E-state index contributed by atoms with van der Waals surface area (Å²) in [7, 11) is 0. The molecule has 0 saturated heterocycles. The Morgan fingerprint density at radius 1 is 1.47 bits per heavy atom. The Labute approximate surface area is 113 Å². The number of hydrogen-bond acceptors (Lipinski definition) is 4. The Morgan fingerprint density at radius 3 is 2.84 bits per heavy atom. The smallest absolute Gasteiger partial charge is 0.258 e. The number of hydrogen-bond donors (Lipinski definition) is 4. The van der Waals surface area contributed by atoms with Crippen LogP contribution < -0.4 is 11.1 Å². The zero-order valence-electron chi connectivity index (χ0n) is 9.59. The van der Waals surface area contributed by atoms with Crippen LogP contribution in [0.1, 0.15) is 15.9 Å². The van der Waals surface area contributed by atoms with E-state index in [9.17, 15) is 4.79 Å². The average Bonchev–Trinajstić information content (AvgIpc) is 2.94. The number of carbonyl (C=O) groups excluding carboxylic acids is 1. The predicted molar refractivity (Wildman–Crippen MR) is 70.5 cm³/mol. The topological polar surface area (TPSA) is 116 Å². The maximum atomic E-state index is 11.8. The summed E-state index contributed by atoms with van der Waals surface area (Å²) in [6.07, 6.45) is 2.86. The number of nitrogens with one attached hydrogen (secondary N) is 2. The molecule has 7 nitrogen and oxygen atoms in total. The molecule has 8 heteroatoms. The number of halogens is 1. The van der Waals surface area contributed by atoms with Crippen LogP contribution in [-0.2, 0) is 0 Å². The quantitative estimate of drug-likeness (QED) is 0.294. The lowest BCUT2D eigenvalue weighted by atomic mass is 10.2. The van der Waals surface area contributed by atoms with E-state index < -0.39 is 0 Å². The summed E-state index contributed by atoms with van der Waals surface area (Å²) in [5.74, 6) is -0.401. The zero-order valence-corrected chi connectivity index (χ0v) is 10.3. The number of aromatic nitrogens is 2. The van der Waals surface area contributed by atoms with E-state index in [-0.39, 0.29) is 16.8 Å². The minimum atomic E-state index is -0.341. The number of amides is 1. The number of H-pyrrole nitrogens is 1. The molecular weight excluding hydrogens is 270 g/mol. The molecule has 19 heavy (non-hydrogen) atoms. The monoisotopic (exact) mass is 279 g/mol. The Morgan fingerprint density at radius 2 is 2.26 bits per heavy atom. The van der Waals surface area contributed by atoms with Gasteiger partial charge in [0, 0.05) is 11.8 Å². The van der Waals surface area contributed by atoms with Crippen LogP contribution in [-0.4, -0.2) is 27.1 Å². The van der Waals surface area contributed by atoms with Crippen LogP contribution in [0.15, 0.2) is 35.7 Å². The van der Waals surface area contributed by atoms with Crippen LogP contribution >= 0.6 is 11.6 Å². The molecule has 0 aliphatic heterocycles. The second-order valence-electron chi connectivity index (χ2n) is 3.62. The van der Waals surface area contributed by atoms with Gasteiger partial charge in [-0.15, -0.1) is 0 Å². The first-order valence-corrected chi connectivity index (χ1v) is 5.57. The van der Waals surface area contributed by atoms with Crippen molar-refractivity contribution in [2.24, 2.45) is 10.9 Å². The molecule has 0 aliphatic rings. The molecule has 0 atom stereocenters. The summed E-state index contributed by atoms with van der Waals surface area (Å²) < 4.78 is 0. The first-order chi connectivity index (χ1) is 9.11. The first kappa shape index (κ1) is 12.9. The van der Waals surface area contributed by atoms with Crippen LogP contribution in [0.25, 0.3) is 0 Å². The number of nitrogens with zero attached hydrogens (tertiary/aromatic N) is 2. The van der Waals surface area contributed by atoms with Crippen molar-refractivity contribution < 1.29 is 10.0 Å². The highest BCUT2D eigenvalue weighted by molar-refractivity contribution is 6.34. The minimum absolute atomic E-state index is 0.0605. The number of nitrogens with two attached hydrogens (primary N) is 1. The Kier molecular flexibility index (Phi) is 3.67. The molecule has 0 saturated carbocycles. The maximum absolute atomic E-state index is 11.8. The number of anilines is 1. The van der Waals surface area contributed by atoms with Crippen molar-refractivity contribution in [2.75, 3.05) is 5.32 Å². The Balaban J connectivity index is 2.20. The molecule has 0 bridgehead atoms. The minimum Gasteiger partial charge on any atom is -0.409 e. The van der Waals surface area contributed by atoms with Gasteiger partial charge in [0.1, 0.15) is 0 Å². The largest absolute Gasteiger partial charge is 0.409 e. The highest BCUT2D eigenvalue weighted by Crippen LogP contribution is 2.23. The number of amidine groups is 1. The van der Waals surface area contributed by atoms with Gasteiger partial charge in [-0.05, 0) is 18.2 Å². The van der Waals surface area contributed by atoms with Crippen molar-refractivity contribution in [1.29, 1.82) is 0 Å². The van der Waals surface area contributed by atoms with Crippen molar-refractivity contribution in [3.05, 3.63) is 46.7 Å². The molecule has 0 aliphatic carbocycles. The van der Waals surface area contributed by atoms with E-state index in [0.29, 0.717) is 16.8 Å². The normalized spacial score (nSPS) is 11.3. The number of aromatic amines is 1. The van der Waals surface area contributed by atoms with Gasteiger partial charge >= 0.3 is 0 Å². The average molecular weight is 280 g/mol. The molecule has 1 aromatic heterocycles. The highest BCUT2D eigenvalue weighted by Gasteiger charge is 2.10. The van der Waals surface area contributed by atoms with Gasteiger partial charge in [-0.25, -0.2) is 0 Å². The molecule has 2 rings (SSSR count). The van der Waals surface area contributed by atoms with Gasteiger partial charge in [-0.1, -0.05) is 16.8 Å². The second-order valence-corrected chi connectivity index (χ2v) is 4.03. The van der Waals surface area contributed by atoms with Crippen molar-refractivity contribution in [3.8, 4) is 0 Å². The zero-order chi connectivity index (χ0) is 13.8. The van der Waals surface area contributed by atoms with Gasteiger partial charge in [0.05, 0.1) is 22.5 Å².